The monoisotopic (exact) mass is 285 g/mol. The largest absolute Gasteiger partial charge is 0.468 e. The van der Waals surface area contributed by atoms with Gasteiger partial charge in [-0.25, -0.2) is 4.98 Å². The third-order valence-electron chi connectivity index (χ3n) is 2.12. The van der Waals surface area contributed by atoms with Gasteiger partial charge in [-0.05, 0) is 6.42 Å². The van der Waals surface area contributed by atoms with Crippen LogP contribution in [0.3, 0.4) is 0 Å². The maximum atomic E-state index is 11.0. The summed E-state index contributed by atoms with van der Waals surface area (Å²) < 4.78 is 4.51. The Balaban J connectivity index is 2.86. The molecule has 7 nitrogen and oxygen atoms in total. The van der Waals surface area contributed by atoms with Crippen molar-refractivity contribution in [3.63, 3.8) is 0 Å². The minimum Gasteiger partial charge on any atom is -0.468 e. The van der Waals surface area contributed by atoms with E-state index >= 15 is 0 Å². The third kappa shape index (κ3) is 5.12. The lowest BCUT2D eigenvalue weighted by Gasteiger charge is -2.06. The zero-order valence-electron chi connectivity index (χ0n) is 10.7. The van der Waals surface area contributed by atoms with Gasteiger partial charge >= 0.3 is 5.97 Å². The SMILES string of the molecule is CCCNc1cc([N+](=O)[O-])cc(SCC(=O)OC)n1. The molecule has 0 unspecified atom stereocenters. The second-order valence-corrected chi connectivity index (χ2v) is 4.59. The topological polar surface area (TPSA) is 94.4 Å². The summed E-state index contributed by atoms with van der Waals surface area (Å²) in [6.45, 7) is 2.66. The highest BCUT2D eigenvalue weighted by atomic mass is 32.2. The van der Waals surface area contributed by atoms with Gasteiger partial charge in [0.25, 0.3) is 5.69 Å². The number of anilines is 1. The van der Waals surface area contributed by atoms with Crippen LogP contribution in [0.1, 0.15) is 13.3 Å². The lowest BCUT2D eigenvalue weighted by atomic mass is 10.4. The molecule has 1 aromatic rings. The molecule has 0 aliphatic heterocycles. The predicted molar refractivity (Wildman–Crippen MR) is 72.4 cm³/mol. The maximum absolute atomic E-state index is 11.0. The Labute approximate surface area is 114 Å². The van der Waals surface area contributed by atoms with Crippen LogP contribution in [0.5, 0.6) is 0 Å². The quantitative estimate of drug-likeness (QED) is 0.354. The normalized spacial score (nSPS) is 10.0. The smallest absolute Gasteiger partial charge is 0.316 e. The van der Waals surface area contributed by atoms with Gasteiger partial charge in [0.15, 0.2) is 0 Å². The fourth-order valence-electron chi connectivity index (χ4n) is 1.21. The molecule has 0 spiro atoms. The first-order valence-electron chi connectivity index (χ1n) is 5.66. The Kier molecular flexibility index (Phi) is 6.07. The summed E-state index contributed by atoms with van der Waals surface area (Å²) in [5.74, 6) is 0.0996. The van der Waals surface area contributed by atoms with Gasteiger partial charge in [0, 0.05) is 12.6 Å². The zero-order valence-corrected chi connectivity index (χ0v) is 11.5. The number of hydrogen-bond donors (Lipinski definition) is 1. The Bertz CT molecular complexity index is 467. The van der Waals surface area contributed by atoms with Crippen molar-refractivity contribution in [3.05, 3.63) is 22.2 Å². The molecule has 8 heteroatoms. The van der Waals surface area contributed by atoms with Gasteiger partial charge in [0.2, 0.25) is 0 Å². The minimum atomic E-state index is -0.485. The molecule has 0 aliphatic rings. The van der Waals surface area contributed by atoms with Gasteiger partial charge in [-0.15, -0.1) is 0 Å². The number of hydrogen-bond acceptors (Lipinski definition) is 7. The molecule has 0 saturated heterocycles. The van der Waals surface area contributed by atoms with Crippen LogP contribution in [0.4, 0.5) is 11.5 Å². The van der Waals surface area contributed by atoms with E-state index < -0.39 is 10.9 Å². The number of ether oxygens (including phenoxy) is 1. The first-order chi connectivity index (χ1) is 9.06. The molecule has 0 bridgehead atoms. The molecule has 104 valence electrons. The molecule has 1 N–H and O–H groups in total. The highest BCUT2D eigenvalue weighted by Gasteiger charge is 2.12. The van der Waals surface area contributed by atoms with Gasteiger partial charge < -0.3 is 10.1 Å². The minimum absolute atomic E-state index is 0.0547. The molecule has 0 aromatic carbocycles. The number of carbonyl (C=O) groups excluding carboxylic acids is 1. The van der Waals surface area contributed by atoms with E-state index in [1.165, 1.54) is 19.2 Å². The van der Waals surface area contributed by atoms with E-state index in [1.54, 1.807) is 0 Å². The Morgan fingerprint density at radius 1 is 1.58 bits per heavy atom. The number of methoxy groups -OCH3 is 1. The van der Waals surface area contributed by atoms with Crippen molar-refractivity contribution in [2.45, 2.75) is 18.4 Å². The molecule has 1 aromatic heterocycles. The molecule has 19 heavy (non-hydrogen) atoms. The number of thioether (sulfide) groups is 1. The predicted octanol–water partition coefficient (Wildman–Crippen LogP) is 2.08. The maximum Gasteiger partial charge on any atom is 0.316 e. The summed E-state index contributed by atoms with van der Waals surface area (Å²) >= 11 is 1.10. The van der Waals surface area contributed by atoms with Crippen molar-refractivity contribution < 1.29 is 14.5 Å². The second kappa shape index (κ2) is 7.57. The average molecular weight is 285 g/mol. The summed E-state index contributed by atoms with van der Waals surface area (Å²) in [5, 5.41) is 14.2. The molecular weight excluding hydrogens is 270 g/mol. The molecule has 0 radical (unpaired) electrons. The Morgan fingerprint density at radius 3 is 2.89 bits per heavy atom. The molecule has 0 aliphatic carbocycles. The standard InChI is InChI=1S/C11H15N3O4S/c1-3-4-12-9-5-8(14(16)17)6-10(13-9)19-7-11(15)18-2/h5-6H,3-4,7H2,1-2H3,(H,12,13). The van der Waals surface area contributed by atoms with Crippen LogP contribution in [0.25, 0.3) is 0 Å². The van der Waals surface area contributed by atoms with E-state index in [2.05, 4.69) is 15.0 Å². The van der Waals surface area contributed by atoms with Gasteiger partial charge in [-0.2, -0.15) is 0 Å². The summed E-state index contributed by atoms with van der Waals surface area (Å²) in [4.78, 5) is 25.6. The van der Waals surface area contributed by atoms with E-state index in [0.29, 0.717) is 17.4 Å². The fraction of sp³-hybridized carbons (Fsp3) is 0.455. The molecule has 1 heterocycles. The van der Waals surface area contributed by atoms with Crippen LogP contribution in [-0.4, -0.2) is 35.3 Å². The molecule has 0 atom stereocenters. The molecule has 1 rings (SSSR count). The van der Waals surface area contributed by atoms with E-state index in [-0.39, 0.29) is 11.4 Å². The van der Waals surface area contributed by atoms with Crippen LogP contribution in [0.15, 0.2) is 17.2 Å². The number of nitro groups is 1. The molecular formula is C11H15N3O4S. The van der Waals surface area contributed by atoms with Crippen molar-refractivity contribution in [1.29, 1.82) is 0 Å². The van der Waals surface area contributed by atoms with Crippen LogP contribution < -0.4 is 5.32 Å². The number of nitrogens with one attached hydrogen (secondary N) is 1. The van der Waals surface area contributed by atoms with E-state index in [9.17, 15) is 14.9 Å². The molecule has 0 saturated carbocycles. The molecule has 0 amide bonds. The summed E-state index contributed by atoms with van der Waals surface area (Å²) in [6.07, 6.45) is 0.884. The number of rotatable bonds is 7. The number of carbonyl (C=O) groups is 1. The lowest BCUT2D eigenvalue weighted by Crippen LogP contribution is -2.05. The summed E-state index contributed by atoms with van der Waals surface area (Å²) in [5.41, 5.74) is -0.0547. The van der Waals surface area contributed by atoms with Gasteiger partial charge in [0.05, 0.1) is 23.9 Å². The van der Waals surface area contributed by atoms with Crippen molar-refractivity contribution in [1.82, 2.24) is 4.98 Å². The van der Waals surface area contributed by atoms with Crippen LogP contribution >= 0.6 is 11.8 Å². The highest BCUT2D eigenvalue weighted by Crippen LogP contribution is 2.24. The lowest BCUT2D eigenvalue weighted by molar-refractivity contribution is -0.385. The van der Waals surface area contributed by atoms with Crippen LogP contribution in [-0.2, 0) is 9.53 Å². The van der Waals surface area contributed by atoms with Crippen LogP contribution in [0, 0.1) is 10.1 Å². The highest BCUT2D eigenvalue weighted by molar-refractivity contribution is 7.99. The van der Waals surface area contributed by atoms with Crippen molar-refractivity contribution in [3.8, 4) is 0 Å². The van der Waals surface area contributed by atoms with Crippen LogP contribution in [0.2, 0.25) is 0 Å². The number of aromatic nitrogens is 1. The number of esters is 1. The van der Waals surface area contributed by atoms with Gasteiger partial charge in [0.1, 0.15) is 10.8 Å². The Hall–Kier alpha value is -1.83. The van der Waals surface area contributed by atoms with Crippen molar-refractivity contribution in [2.24, 2.45) is 0 Å². The Morgan fingerprint density at radius 2 is 2.32 bits per heavy atom. The average Bonchev–Trinajstić information content (AvgIpc) is 2.42. The van der Waals surface area contributed by atoms with E-state index in [0.717, 1.165) is 18.2 Å². The summed E-state index contributed by atoms with van der Waals surface area (Å²) in [7, 11) is 1.29. The van der Waals surface area contributed by atoms with Crippen molar-refractivity contribution >= 4 is 29.2 Å². The zero-order chi connectivity index (χ0) is 14.3. The van der Waals surface area contributed by atoms with Crippen molar-refractivity contribution in [2.75, 3.05) is 24.7 Å². The molecule has 0 fully saturated rings. The van der Waals surface area contributed by atoms with E-state index in [1.807, 2.05) is 6.92 Å². The van der Waals surface area contributed by atoms with Gasteiger partial charge in [-0.1, -0.05) is 18.7 Å². The second-order valence-electron chi connectivity index (χ2n) is 3.60. The first kappa shape index (κ1) is 15.2. The van der Waals surface area contributed by atoms with E-state index in [4.69, 9.17) is 0 Å². The number of pyridine rings is 1. The summed E-state index contributed by atoms with van der Waals surface area (Å²) in [6, 6.07) is 2.71. The first-order valence-corrected chi connectivity index (χ1v) is 6.65. The number of nitrogens with zero attached hydrogens (tertiary/aromatic N) is 2. The van der Waals surface area contributed by atoms with Gasteiger partial charge in [-0.3, -0.25) is 14.9 Å². The third-order valence-corrected chi connectivity index (χ3v) is 3.00. The fourth-order valence-corrected chi connectivity index (χ4v) is 1.96.